The van der Waals surface area contributed by atoms with Gasteiger partial charge in [0.1, 0.15) is 11.5 Å². The molecule has 0 spiro atoms. The van der Waals surface area contributed by atoms with Crippen LogP contribution in [0.2, 0.25) is 5.02 Å². The fourth-order valence-electron chi connectivity index (χ4n) is 3.34. The van der Waals surface area contributed by atoms with Gasteiger partial charge in [-0.2, -0.15) is 0 Å². The van der Waals surface area contributed by atoms with Gasteiger partial charge in [-0.25, -0.2) is 0 Å². The molecule has 1 atom stereocenters. The van der Waals surface area contributed by atoms with Gasteiger partial charge in [0, 0.05) is 18.1 Å². The van der Waals surface area contributed by atoms with Gasteiger partial charge in [0.25, 0.3) is 0 Å². The van der Waals surface area contributed by atoms with Crippen molar-refractivity contribution in [3.8, 4) is 11.5 Å². The van der Waals surface area contributed by atoms with Crippen LogP contribution in [-0.2, 0) is 0 Å². The summed E-state index contributed by atoms with van der Waals surface area (Å²) in [5.74, 6) is 3.62. The summed E-state index contributed by atoms with van der Waals surface area (Å²) in [5.41, 5.74) is 1.37. The Morgan fingerprint density at radius 2 is 1.26 bits per heavy atom. The molecule has 2 rings (SSSR count). The summed E-state index contributed by atoms with van der Waals surface area (Å²) in [7, 11) is 0. The second kappa shape index (κ2) is 10.7. The van der Waals surface area contributed by atoms with Gasteiger partial charge in [0.2, 0.25) is 0 Å². The summed E-state index contributed by atoms with van der Waals surface area (Å²) in [6.45, 7) is 15.0. The highest BCUT2D eigenvalue weighted by Crippen LogP contribution is 2.26. The summed E-state index contributed by atoms with van der Waals surface area (Å²) < 4.78 is 5.89. The number of hydrogen-bond acceptors (Lipinski definition) is 2. The first-order valence-corrected chi connectivity index (χ1v) is 10.5. The Morgan fingerprint density at radius 3 is 1.74 bits per heavy atom. The zero-order valence-electron chi connectivity index (χ0n) is 17.4. The molecule has 0 amide bonds. The molecule has 0 fully saturated rings. The number of rotatable bonds is 10. The lowest BCUT2D eigenvalue weighted by Crippen LogP contribution is -2.32. The molecule has 2 aromatic rings. The predicted molar refractivity (Wildman–Crippen MR) is 117 cm³/mol. The molecular weight excluding hydrogens is 354 g/mol. The molecule has 148 valence electrons. The molecule has 2 nitrogen and oxygen atoms in total. The summed E-state index contributed by atoms with van der Waals surface area (Å²) in [4.78, 5) is 2.61. The second-order valence-corrected chi connectivity index (χ2v) is 8.80. The average Bonchev–Trinajstić information content (AvgIpc) is 2.61. The van der Waals surface area contributed by atoms with E-state index in [0.717, 1.165) is 23.1 Å². The van der Waals surface area contributed by atoms with Crippen molar-refractivity contribution in [3.63, 3.8) is 0 Å². The maximum atomic E-state index is 5.92. The van der Waals surface area contributed by atoms with Crippen LogP contribution in [0.5, 0.6) is 11.5 Å². The minimum atomic E-state index is 0.538. The molecule has 0 heterocycles. The van der Waals surface area contributed by atoms with E-state index in [1.54, 1.807) is 0 Å². The van der Waals surface area contributed by atoms with Gasteiger partial charge < -0.3 is 9.64 Å². The van der Waals surface area contributed by atoms with Crippen molar-refractivity contribution in [2.45, 2.75) is 47.0 Å². The van der Waals surface area contributed by atoms with Crippen LogP contribution < -0.4 is 4.74 Å². The highest BCUT2D eigenvalue weighted by atomic mass is 35.5. The van der Waals surface area contributed by atoms with Crippen molar-refractivity contribution >= 4 is 11.6 Å². The molecule has 0 N–H and O–H groups in total. The van der Waals surface area contributed by atoms with Crippen LogP contribution in [0.15, 0.2) is 48.5 Å². The van der Waals surface area contributed by atoms with Crippen molar-refractivity contribution in [2.24, 2.45) is 11.8 Å². The van der Waals surface area contributed by atoms with Gasteiger partial charge >= 0.3 is 0 Å². The van der Waals surface area contributed by atoms with E-state index in [-0.39, 0.29) is 0 Å². The molecule has 0 saturated carbocycles. The number of halogens is 1. The third kappa shape index (κ3) is 7.94. The number of ether oxygens (including phenoxy) is 1. The molecule has 0 aromatic heterocycles. The zero-order valence-corrected chi connectivity index (χ0v) is 18.2. The quantitative estimate of drug-likeness (QED) is 0.426. The lowest BCUT2D eigenvalue weighted by Gasteiger charge is -2.27. The van der Waals surface area contributed by atoms with Gasteiger partial charge in [-0.05, 0) is 72.7 Å². The van der Waals surface area contributed by atoms with E-state index < -0.39 is 0 Å². The van der Waals surface area contributed by atoms with Crippen molar-refractivity contribution in [2.75, 3.05) is 19.6 Å². The minimum absolute atomic E-state index is 0.538. The Hall–Kier alpha value is -1.51. The van der Waals surface area contributed by atoms with Gasteiger partial charge in [0.05, 0.1) is 0 Å². The van der Waals surface area contributed by atoms with E-state index in [9.17, 15) is 0 Å². The molecule has 0 aliphatic heterocycles. The molecule has 1 unspecified atom stereocenters. The van der Waals surface area contributed by atoms with Crippen molar-refractivity contribution in [1.82, 2.24) is 4.90 Å². The molecule has 0 aliphatic rings. The monoisotopic (exact) mass is 387 g/mol. The molecule has 0 bridgehead atoms. The Balaban J connectivity index is 1.90. The second-order valence-electron chi connectivity index (χ2n) is 8.36. The standard InChI is InChI=1S/C24H34ClNO/c1-18(2)16-26(17-19(3)4)15-14-20(5)21-6-10-23(11-7-21)27-24-12-8-22(25)9-13-24/h6-13,18-20H,14-17H2,1-5H3. The summed E-state index contributed by atoms with van der Waals surface area (Å²) >= 11 is 5.92. The number of nitrogens with zero attached hydrogens (tertiary/aromatic N) is 1. The smallest absolute Gasteiger partial charge is 0.127 e. The summed E-state index contributed by atoms with van der Waals surface area (Å²) in [6, 6.07) is 15.9. The molecule has 2 aromatic carbocycles. The van der Waals surface area contributed by atoms with Gasteiger partial charge in [0.15, 0.2) is 0 Å². The first-order valence-electron chi connectivity index (χ1n) is 10.1. The third-order valence-electron chi connectivity index (χ3n) is 4.62. The highest BCUT2D eigenvalue weighted by molar-refractivity contribution is 6.30. The van der Waals surface area contributed by atoms with Crippen molar-refractivity contribution in [3.05, 3.63) is 59.1 Å². The first kappa shape index (κ1) is 21.8. The van der Waals surface area contributed by atoms with Crippen LogP contribution in [0.4, 0.5) is 0 Å². The number of benzene rings is 2. The largest absolute Gasteiger partial charge is 0.457 e. The maximum Gasteiger partial charge on any atom is 0.127 e. The maximum absolute atomic E-state index is 5.92. The summed E-state index contributed by atoms with van der Waals surface area (Å²) in [5, 5.41) is 0.718. The Labute approximate surface area is 170 Å². The molecule has 3 heteroatoms. The average molecular weight is 388 g/mol. The van der Waals surface area contributed by atoms with Crippen molar-refractivity contribution in [1.29, 1.82) is 0 Å². The third-order valence-corrected chi connectivity index (χ3v) is 4.88. The molecule has 0 saturated heterocycles. The molecule has 0 aliphatic carbocycles. The first-order chi connectivity index (χ1) is 12.8. The lowest BCUT2D eigenvalue weighted by atomic mass is 9.97. The van der Waals surface area contributed by atoms with E-state index in [4.69, 9.17) is 16.3 Å². The lowest BCUT2D eigenvalue weighted by molar-refractivity contribution is 0.213. The minimum Gasteiger partial charge on any atom is -0.457 e. The SMILES string of the molecule is CC(C)CN(CCC(C)c1ccc(Oc2ccc(Cl)cc2)cc1)CC(C)C. The van der Waals surface area contributed by atoms with Gasteiger partial charge in [-0.3, -0.25) is 0 Å². The van der Waals surface area contributed by atoms with E-state index in [2.05, 4.69) is 63.8 Å². The van der Waals surface area contributed by atoms with E-state index in [0.29, 0.717) is 17.8 Å². The Morgan fingerprint density at radius 1 is 0.778 bits per heavy atom. The van der Waals surface area contributed by atoms with Crippen LogP contribution in [0.3, 0.4) is 0 Å². The predicted octanol–water partition coefficient (Wildman–Crippen LogP) is 7.24. The van der Waals surface area contributed by atoms with Crippen LogP contribution in [0, 0.1) is 11.8 Å². The topological polar surface area (TPSA) is 12.5 Å². The Kier molecular flexibility index (Phi) is 8.66. The van der Waals surface area contributed by atoms with E-state index in [1.165, 1.54) is 25.1 Å². The molecule has 27 heavy (non-hydrogen) atoms. The highest BCUT2D eigenvalue weighted by Gasteiger charge is 2.12. The fourth-order valence-corrected chi connectivity index (χ4v) is 3.46. The van der Waals surface area contributed by atoms with Crippen LogP contribution in [-0.4, -0.2) is 24.5 Å². The van der Waals surface area contributed by atoms with E-state index in [1.807, 2.05) is 24.3 Å². The van der Waals surface area contributed by atoms with Crippen LogP contribution in [0.25, 0.3) is 0 Å². The van der Waals surface area contributed by atoms with Crippen LogP contribution >= 0.6 is 11.6 Å². The molecular formula is C24H34ClNO. The zero-order chi connectivity index (χ0) is 19.8. The fraction of sp³-hybridized carbons (Fsp3) is 0.500. The normalized spacial score (nSPS) is 12.8. The number of hydrogen-bond donors (Lipinski definition) is 0. The summed E-state index contributed by atoms with van der Waals surface area (Å²) in [6.07, 6.45) is 1.18. The van der Waals surface area contributed by atoms with Gasteiger partial charge in [-0.15, -0.1) is 0 Å². The Bertz CT molecular complexity index is 654. The van der Waals surface area contributed by atoms with Crippen molar-refractivity contribution < 1.29 is 4.74 Å². The molecule has 0 radical (unpaired) electrons. The van der Waals surface area contributed by atoms with E-state index >= 15 is 0 Å². The van der Waals surface area contributed by atoms with Gasteiger partial charge in [-0.1, -0.05) is 58.4 Å². The van der Waals surface area contributed by atoms with Crippen LogP contribution in [0.1, 0.15) is 52.5 Å².